The van der Waals surface area contributed by atoms with Crippen LogP contribution in [0.1, 0.15) is 50.4 Å². The first-order valence-electron chi connectivity index (χ1n) is 6.90. The van der Waals surface area contributed by atoms with Gasteiger partial charge >= 0.3 is 0 Å². The molecule has 0 saturated heterocycles. The number of aromatic nitrogens is 3. The summed E-state index contributed by atoms with van der Waals surface area (Å²) in [4.78, 5) is 13.6. The number of nitrogens with zero attached hydrogens (tertiary/aromatic N) is 4. The standard InChI is InChI=1S/C13H20N4OS/c1-8(12(18)16(2)3)19-13-15-14-11(9-4-5-9)17(13)10-6-7-10/h8-10H,4-7H2,1-3H3/t8-/m0/s1. The average Bonchev–Trinajstić information content (AvgIpc) is 3.27. The van der Waals surface area contributed by atoms with E-state index in [-0.39, 0.29) is 11.2 Å². The maximum Gasteiger partial charge on any atom is 0.235 e. The Bertz CT molecular complexity index is 491. The molecule has 0 bridgehead atoms. The monoisotopic (exact) mass is 280 g/mol. The predicted octanol–water partition coefficient (Wildman–Crippen LogP) is 2.06. The molecule has 1 aromatic heterocycles. The summed E-state index contributed by atoms with van der Waals surface area (Å²) in [5.41, 5.74) is 0. The van der Waals surface area contributed by atoms with Gasteiger partial charge in [0.25, 0.3) is 0 Å². The highest BCUT2D eigenvalue weighted by molar-refractivity contribution is 8.00. The highest BCUT2D eigenvalue weighted by atomic mass is 32.2. The van der Waals surface area contributed by atoms with E-state index in [1.165, 1.54) is 37.4 Å². The van der Waals surface area contributed by atoms with Crippen LogP contribution in [0.5, 0.6) is 0 Å². The lowest BCUT2D eigenvalue weighted by Crippen LogP contribution is -2.29. The summed E-state index contributed by atoms with van der Waals surface area (Å²) >= 11 is 1.54. The molecule has 0 radical (unpaired) electrons. The van der Waals surface area contributed by atoms with Crippen molar-refractivity contribution < 1.29 is 4.79 Å². The first-order valence-corrected chi connectivity index (χ1v) is 7.78. The van der Waals surface area contributed by atoms with Crippen molar-refractivity contribution in [2.75, 3.05) is 14.1 Å². The van der Waals surface area contributed by atoms with Crippen LogP contribution in [0.2, 0.25) is 0 Å². The maximum atomic E-state index is 11.9. The van der Waals surface area contributed by atoms with Gasteiger partial charge in [-0.3, -0.25) is 4.79 Å². The molecule has 0 unspecified atom stereocenters. The van der Waals surface area contributed by atoms with E-state index < -0.39 is 0 Å². The molecule has 1 aromatic rings. The number of hydrogen-bond acceptors (Lipinski definition) is 4. The van der Waals surface area contributed by atoms with E-state index in [1.807, 2.05) is 6.92 Å². The van der Waals surface area contributed by atoms with E-state index in [0.717, 1.165) is 11.0 Å². The smallest absolute Gasteiger partial charge is 0.235 e. The molecule has 0 N–H and O–H groups in total. The third kappa shape index (κ3) is 2.63. The average molecular weight is 280 g/mol. The summed E-state index contributed by atoms with van der Waals surface area (Å²) in [7, 11) is 3.58. The van der Waals surface area contributed by atoms with Gasteiger partial charge in [-0.25, -0.2) is 0 Å². The number of rotatable bonds is 5. The number of thioether (sulfide) groups is 1. The van der Waals surface area contributed by atoms with Gasteiger partial charge in [0.05, 0.1) is 5.25 Å². The van der Waals surface area contributed by atoms with Crippen LogP contribution >= 0.6 is 11.8 Å². The molecular formula is C13H20N4OS. The molecule has 2 aliphatic carbocycles. The third-order valence-electron chi connectivity index (χ3n) is 3.62. The molecule has 19 heavy (non-hydrogen) atoms. The zero-order valence-electron chi connectivity index (χ0n) is 11.7. The molecule has 5 nitrogen and oxygen atoms in total. The lowest BCUT2D eigenvalue weighted by molar-refractivity contribution is -0.127. The lowest BCUT2D eigenvalue weighted by Gasteiger charge is -2.16. The highest BCUT2D eigenvalue weighted by Crippen LogP contribution is 2.46. The molecule has 104 valence electrons. The summed E-state index contributed by atoms with van der Waals surface area (Å²) in [6.07, 6.45) is 4.92. The van der Waals surface area contributed by atoms with Crippen molar-refractivity contribution in [2.45, 2.75) is 55.0 Å². The normalized spacial score (nSPS) is 20.4. The zero-order valence-corrected chi connectivity index (χ0v) is 12.5. The molecule has 0 aromatic carbocycles. The number of carbonyl (C=O) groups is 1. The Labute approximate surface area is 117 Å². The van der Waals surface area contributed by atoms with Crippen molar-refractivity contribution in [3.8, 4) is 0 Å². The molecule has 1 amide bonds. The topological polar surface area (TPSA) is 51.0 Å². The summed E-state index contributed by atoms with van der Waals surface area (Å²) in [6.45, 7) is 1.94. The minimum absolute atomic E-state index is 0.108. The van der Waals surface area contributed by atoms with Crippen LogP contribution in [0.15, 0.2) is 5.16 Å². The fourth-order valence-corrected chi connectivity index (χ4v) is 3.31. The van der Waals surface area contributed by atoms with Crippen molar-refractivity contribution in [3.05, 3.63) is 5.82 Å². The Morgan fingerprint density at radius 1 is 1.32 bits per heavy atom. The molecule has 6 heteroatoms. The predicted molar refractivity (Wildman–Crippen MR) is 74.3 cm³/mol. The van der Waals surface area contributed by atoms with E-state index in [0.29, 0.717) is 12.0 Å². The van der Waals surface area contributed by atoms with Crippen molar-refractivity contribution in [1.29, 1.82) is 0 Å². The second kappa shape index (κ2) is 4.81. The van der Waals surface area contributed by atoms with Crippen LogP contribution < -0.4 is 0 Å². The van der Waals surface area contributed by atoms with Crippen LogP contribution in [0, 0.1) is 0 Å². The molecule has 1 atom stereocenters. The second-order valence-corrected chi connectivity index (χ2v) is 7.02. The number of amides is 1. The zero-order chi connectivity index (χ0) is 13.6. The summed E-state index contributed by atoms with van der Waals surface area (Å²) < 4.78 is 2.29. The quantitative estimate of drug-likeness (QED) is 0.775. The third-order valence-corrected chi connectivity index (χ3v) is 4.66. The van der Waals surface area contributed by atoms with Crippen LogP contribution in [0.4, 0.5) is 0 Å². The molecule has 0 aliphatic heterocycles. The lowest BCUT2D eigenvalue weighted by atomic mass is 10.4. The van der Waals surface area contributed by atoms with Gasteiger partial charge in [0, 0.05) is 26.1 Å². The maximum absolute atomic E-state index is 11.9. The van der Waals surface area contributed by atoms with Gasteiger partial charge in [0.15, 0.2) is 5.16 Å². The van der Waals surface area contributed by atoms with Crippen LogP contribution in [0.25, 0.3) is 0 Å². The van der Waals surface area contributed by atoms with Gasteiger partial charge in [-0.1, -0.05) is 11.8 Å². The summed E-state index contributed by atoms with van der Waals surface area (Å²) in [6, 6.07) is 0.578. The Kier molecular flexibility index (Phi) is 3.28. The molecule has 2 aliphatic rings. The Hall–Kier alpha value is -1.04. The molecule has 2 fully saturated rings. The number of carbonyl (C=O) groups excluding carboxylic acids is 1. The van der Waals surface area contributed by atoms with Crippen molar-refractivity contribution in [2.24, 2.45) is 0 Å². The fraction of sp³-hybridized carbons (Fsp3) is 0.769. The Morgan fingerprint density at radius 3 is 2.53 bits per heavy atom. The van der Waals surface area contributed by atoms with Gasteiger partial charge in [-0.15, -0.1) is 10.2 Å². The van der Waals surface area contributed by atoms with Gasteiger partial charge in [-0.05, 0) is 32.6 Å². The minimum atomic E-state index is -0.108. The number of hydrogen-bond donors (Lipinski definition) is 0. The van der Waals surface area contributed by atoms with Gasteiger partial charge in [0.2, 0.25) is 5.91 Å². The largest absolute Gasteiger partial charge is 0.348 e. The van der Waals surface area contributed by atoms with Crippen LogP contribution in [-0.4, -0.2) is 44.9 Å². The summed E-state index contributed by atoms with van der Waals surface area (Å²) in [5.74, 6) is 1.89. The van der Waals surface area contributed by atoms with Crippen molar-refractivity contribution >= 4 is 17.7 Å². The highest BCUT2D eigenvalue weighted by Gasteiger charge is 2.37. The van der Waals surface area contributed by atoms with Crippen molar-refractivity contribution in [1.82, 2.24) is 19.7 Å². The van der Waals surface area contributed by atoms with E-state index >= 15 is 0 Å². The molecule has 2 saturated carbocycles. The van der Waals surface area contributed by atoms with E-state index in [9.17, 15) is 4.79 Å². The van der Waals surface area contributed by atoms with E-state index in [4.69, 9.17) is 0 Å². The first-order chi connectivity index (χ1) is 9.08. The van der Waals surface area contributed by atoms with Gasteiger partial charge < -0.3 is 9.47 Å². The molecule has 3 rings (SSSR count). The minimum Gasteiger partial charge on any atom is -0.348 e. The van der Waals surface area contributed by atoms with E-state index in [2.05, 4.69) is 14.8 Å². The van der Waals surface area contributed by atoms with Crippen molar-refractivity contribution in [3.63, 3.8) is 0 Å². The Balaban J connectivity index is 1.79. The Morgan fingerprint density at radius 2 is 2.00 bits per heavy atom. The summed E-state index contributed by atoms with van der Waals surface area (Å²) in [5, 5.41) is 9.51. The SMILES string of the molecule is C[C@H](Sc1nnc(C2CC2)n1C1CC1)C(=O)N(C)C. The molecule has 0 spiro atoms. The van der Waals surface area contributed by atoms with Crippen LogP contribution in [-0.2, 0) is 4.79 Å². The van der Waals surface area contributed by atoms with E-state index in [1.54, 1.807) is 19.0 Å². The first kappa shape index (κ1) is 13.0. The molecular weight excluding hydrogens is 260 g/mol. The van der Waals surface area contributed by atoms with Gasteiger partial charge in [-0.2, -0.15) is 0 Å². The second-order valence-electron chi connectivity index (χ2n) is 5.71. The molecule has 1 heterocycles. The fourth-order valence-electron chi connectivity index (χ4n) is 2.24. The van der Waals surface area contributed by atoms with Gasteiger partial charge in [0.1, 0.15) is 5.82 Å². The van der Waals surface area contributed by atoms with Crippen LogP contribution in [0.3, 0.4) is 0 Å².